The second-order valence-corrected chi connectivity index (χ2v) is 9.94. The Balaban J connectivity index is 1.97. The molecule has 0 radical (unpaired) electrons. The molecular weight excluding hydrogens is 378 g/mol. The maximum Gasteiger partial charge on any atom is 0.250 e. The van der Waals surface area contributed by atoms with E-state index in [1.807, 2.05) is 41.5 Å². The minimum atomic E-state index is -1.28. The van der Waals surface area contributed by atoms with Gasteiger partial charge < -0.3 is 5.32 Å². The summed E-state index contributed by atoms with van der Waals surface area (Å²) in [7, 11) is 0. The van der Waals surface area contributed by atoms with E-state index in [0.29, 0.717) is 16.3 Å². The lowest BCUT2D eigenvalue weighted by Crippen LogP contribution is -2.56. The highest BCUT2D eigenvalue weighted by atomic mass is 35.5. The van der Waals surface area contributed by atoms with Crippen LogP contribution in [0.4, 0.5) is 5.69 Å². The Morgan fingerprint density at radius 1 is 1.14 bits per heavy atom. The molecule has 0 aromatic heterocycles. The predicted octanol–water partition coefficient (Wildman–Crippen LogP) is 2.82. The Morgan fingerprint density at radius 2 is 1.79 bits per heavy atom. The molecule has 0 bridgehead atoms. The van der Waals surface area contributed by atoms with E-state index in [1.165, 1.54) is 4.90 Å². The molecule has 6 nitrogen and oxygen atoms in total. The van der Waals surface area contributed by atoms with Gasteiger partial charge in [-0.05, 0) is 51.3 Å². The molecule has 4 unspecified atom stereocenters. The lowest BCUT2D eigenvalue weighted by molar-refractivity contribution is -0.148. The van der Waals surface area contributed by atoms with Crippen LogP contribution >= 0.6 is 11.6 Å². The number of halogens is 1. The van der Waals surface area contributed by atoms with Crippen molar-refractivity contribution in [2.45, 2.75) is 58.7 Å². The average molecular weight is 404 g/mol. The highest BCUT2D eigenvalue weighted by Gasteiger charge is 2.71. The molecule has 0 aliphatic carbocycles. The first-order valence-electron chi connectivity index (χ1n) is 9.69. The minimum Gasteiger partial charge on any atom is -0.324 e. The first kappa shape index (κ1) is 19.4. The normalized spacial score (nSPS) is 31.8. The van der Waals surface area contributed by atoms with E-state index >= 15 is 0 Å². The summed E-state index contributed by atoms with van der Waals surface area (Å²) in [5, 5.41) is 6.87. The van der Waals surface area contributed by atoms with E-state index in [0.717, 1.165) is 5.56 Å². The summed E-state index contributed by atoms with van der Waals surface area (Å²) in [4.78, 5) is 41.6. The Kier molecular flexibility index (Phi) is 4.02. The van der Waals surface area contributed by atoms with Crippen LogP contribution in [0.5, 0.6) is 0 Å². The molecule has 2 N–H and O–H groups in total. The van der Waals surface area contributed by atoms with Crippen LogP contribution in [-0.4, -0.2) is 34.2 Å². The number of carbonyl (C=O) groups is 3. The number of hydrogen-bond donors (Lipinski definition) is 2. The summed E-state index contributed by atoms with van der Waals surface area (Å²) in [5.74, 6) is -2.08. The van der Waals surface area contributed by atoms with Gasteiger partial charge in [-0.2, -0.15) is 0 Å². The predicted molar refractivity (Wildman–Crippen MR) is 107 cm³/mol. The van der Waals surface area contributed by atoms with Crippen molar-refractivity contribution < 1.29 is 14.4 Å². The van der Waals surface area contributed by atoms with E-state index in [9.17, 15) is 14.4 Å². The number of anilines is 1. The van der Waals surface area contributed by atoms with E-state index in [4.69, 9.17) is 11.6 Å². The van der Waals surface area contributed by atoms with Crippen LogP contribution in [0.25, 0.3) is 0 Å². The van der Waals surface area contributed by atoms with Gasteiger partial charge >= 0.3 is 0 Å². The van der Waals surface area contributed by atoms with Crippen LogP contribution in [0.2, 0.25) is 5.02 Å². The number of fused-ring (bicyclic) bond motifs is 4. The molecule has 2 fully saturated rings. The van der Waals surface area contributed by atoms with Gasteiger partial charge in [0.25, 0.3) is 0 Å². The van der Waals surface area contributed by atoms with Gasteiger partial charge in [-0.3, -0.25) is 24.6 Å². The molecule has 3 aliphatic heterocycles. The summed E-state index contributed by atoms with van der Waals surface area (Å²) in [5.41, 5.74) is 0.251. The number of carbonyl (C=O) groups excluding carboxylic acids is 3. The molecule has 4 rings (SSSR count). The molecule has 7 heteroatoms. The van der Waals surface area contributed by atoms with Crippen molar-refractivity contribution in [3.63, 3.8) is 0 Å². The second kappa shape index (κ2) is 5.80. The Hall–Kier alpha value is -1.92. The van der Waals surface area contributed by atoms with Gasteiger partial charge in [0.15, 0.2) is 0 Å². The molecule has 1 aromatic carbocycles. The maximum atomic E-state index is 13.6. The van der Waals surface area contributed by atoms with Crippen LogP contribution in [0.3, 0.4) is 0 Å². The Bertz CT molecular complexity index is 920. The van der Waals surface area contributed by atoms with Crippen LogP contribution in [0.15, 0.2) is 12.1 Å². The molecule has 2 saturated heterocycles. The van der Waals surface area contributed by atoms with Crippen LogP contribution in [-0.2, 0) is 19.9 Å². The average Bonchev–Trinajstić information content (AvgIpc) is 3.13. The van der Waals surface area contributed by atoms with Crippen molar-refractivity contribution in [1.29, 1.82) is 0 Å². The molecular formula is C21H26ClN3O3. The summed E-state index contributed by atoms with van der Waals surface area (Å²) in [6, 6.07) is 3.24. The standard InChI is InChI=1S/C21H26ClN3O3/c1-9(2)15-13-14(18(27)25(17(13)26)20(4,5)6)21(24-15)12-8-11(22)7-10(3)16(12)23-19(21)28/h7-9,13-15,24H,1-6H3,(H,23,28). The van der Waals surface area contributed by atoms with E-state index < -0.39 is 22.9 Å². The SMILES string of the molecule is Cc1cc(Cl)cc2c1NC(=O)C21NC(C(C)C)C2C(=O)N(C(C)(C)C)C(=O)C21. The zero-order valence-corrected chi connectivity index (χ0v) is 17.8. The smallest absolute Gasteiger partial charge is 0.250 e. The van der Waals surface area contributed by atoms with Crippen molar-refractivity contribution in [2.24, 2.45) is 17.8 Å². The summed E-state index contributed by atoms with van der Waals surface area (Å²) in [6.07, 6.45) is 0. The Morgan fingerprint density at radius 3 is 2.36 bits per heavy atom. The second-order valence-electron chi connectivity index (χ2n) is 9.51. The molecule has 3 heterocycles. The van der Waals surface area contributed by atoms with Gasteiger partial charge in [0, 0.05) is 27.9 Å². The number of nitrogens with zero attached hydrogens (tertiary/aromatic N) is 1. The van der Waals surface area contributed by atoms with Crippen LogP contribution in [0, 0.1) is 24.7 Å². The first-order chi connectivity index (χ1) is 12.9. The van der Waals surface area contributed by atoms with Crippen molar-refractivity contribution in [3.8, 4) is 0 Å². The van der Waals surface area contributed by atoms with E-state index in [2.05, 4.69) is 10.6 Å². The number of hydrogen-bond acceptors (Lipinski definition) is 4. The first-order valence-corrected chi connectivity index (χ1v) is 10.1. The van der Waals surface area contributed by atoms with E-state index in [1.54, 1.807) is 12.1 Å². The third kappa shape index (κ3) is 2.28. The molecule has 1 spiro atoms. The zero-order valence-electron chi connectivity index (χ0n) is 17.0. The fourth-order valence-electron chi connectivity index (χ4n) is 5.20. The van der Waals surface area contributed by atoms with Crippen molar-refractivity contribution in [2.75, 3.05) is 5.32 Å². The highest BCUT2D eigenvalue weighted by Crippen LogP contribution is 2.55. The van der Waals surface area contributed by atoms with Crippen molar-refractivity contribution in [3.05, 3.63) is 28.3 Å². The van der Waals surface area contributed by atoms with Crippen molar-refractivity contribution in [1.82, 2.24) is 10.2 Å². The molecule has 0 saturated carbocycles. The topological polar surface area (TPSA) is 78.5 Å². The van der Waals surface area contributed by atoms with Gasteiger partial charge in [0.1, 0.15) is 5.54 Å². The third-order valence-corrected chi connectivity index (χ3v) is 6.53. The van der Waals surface area contributed by atoms with Crippen LogP contribution < -0.4 is 10.6 Å². The number of benzene rings is 1. The number of likely N-dealkylation sites (tertiary alicyclic amines) is 1. The molecule has 3 amide bonds. The number of imide groups is 1. The maximum absolute atomic E-state index is 13.6. The van der Waals surface area contributed by atoms with Gasteiger partial charge in [-0.1, -0.05) is 25.4 Å². The molecule has 1 aromatic rings. The zero-order chi connectivity index (χ0) is 20.8. The lowest BCUT2D eigenvalue weighted by Gasteiger charge is -2.35. The molecule has 150 valence electrons. The number of amides is 3. The third-order valence-electron chi connectivity index (χ3n) is 6.31. The number of aryl methyl sites for hydroxylation is 1. The molecule has 28 heavy (non-hydrogen) atoms. The highest BCUT2D eigenvalue weighted by molar-refractivity contribution is 6.31. The number of nitrogens with one attached hydrogen (secondary N) is 2. The van der Waals surface area contributed by atoms with Gasteiger partial charge in [-0.15, -0.1) is 0 Å². The van der Waals surface area contributed by atoms with Gasteiger partial charge in [-0.25, -0.2) is 0 Å². The molecule has 4 atom stereocenters. The van der Waals surface area contributed by atoms with Gasteiger partial charge in [0.05, 0.1) is 11.8 Å². The fourth-order valence-corrected chi connectivity index (χ4v) is 5.47. The summed E-state index contributed by atoms with van der Waals surface area (Å²) in [6.45, 7) is 11.4. The minimum absolute atomic E-state index is 0.0701. The monoisotopic (exact) mass is 403 g/mol. The fraction of sp³-hybridized carbons (Fsp3) is 0.571. The number of rotatable bonds is 1. The van der Waals surface area contributed by atoms with E-state index in [-0.39, 0.29) is 29.7 Å². The van der Waals surface area contributed by atoms with Crippen molar-refractivity contribution >= 4 is 35.0 Å². The van der Waals surface area contributed by atoms with Gasteiger partial charge in [0.2, 0.25) is 17.7 Å². The molecule has 3 aliphatic rings. The van der Waals surface area contributed by atoms with Crippen LogP contribution in [0.1, 0.15) is 45.7 Å². The Labute approximate surface area is 170 Å². The quantitative estimate of drug-likeness (QED) is 0.707. The summed E-state index contributed by atoms with van der Waals surface area (Å²) >= 11 is 6.32. The largest absolute Gasteiger partial charge is 0.324 e. The lowest BCUT2D eigenvalue weighted by atomic mass is 9.75. The summed E-state index contributed by atoms with van der Waals surface area (Å²) < 4.78 is 0.